The summed E-state index contributed by atoms with van der Waals surface area (Å²) in [6.45, 7) is 4.11. The van der Waals surface area contributed by atoms with E-state index in [1.165, 1.54) is 5.56 Å². The van der Waals surface area contributed by atoms with Crippen molar-refractivity contribution < 1.29 is 9.90 Å². The summed E-state index contributed by atoms with van der Waals surface area (Å²) >= 11 is 0. The maximum absolute atomic E-state index is 12.1. The SMILES string of the molecule is O=C(O)[C@H](c1c[nH]c2ccccc12)N1CCN(C/C=C/c2ccccc2)CC1. The summed E-state index contributed by atoms with van der Waals surface area (Å²) in [5.74, 6) is -0.790. The van der Waals surface area contributed by atoms with Crippen molar-refractivity contribution in [2.24, 2.45) is 0 Å². The maximum Gasteiger partial charge on any atom is 0.325 e. The number of nitrogens with zero attached hydrogens (tertiary/aromatic N) is 2. The number of para-hydroxylation sites is 1. The first-order valence-electron chi connectivity index (χ1n) is 9.69. The second-order valence-corrected chi connectivity index (χ2v) is 7.18. The molecular weight excluding hydrogens is 350 g/mol. The molecule has 1 atom stereocenters. The molecule has 1 aromatic heterocycles. The lowest BCUT2D eigenvalue weighted by molar-refractivity contribution is -0.144. The number of carbonyl (C=O) groups is 1. The van der Waals surface area contributed by atoms with E-state index in [0.717, 1.165) is 49.2 Å². The molecule has 0 radical (unpaired) electrons. The van der Waals surface area contributed by atoms with Crippen molar-refractivity contribution in [1.29, 1.82) is 0 Å². The smallest absolute Gasteiger partial charge is 0.325 e. The van der Waals surface area contributed by atoms with E-state index in [-0.39, 0.29) is 0 Å². The Bertz CT molecular complexity index is 956. The quantitative estimate of drug-likeness (QED) is 0.691. The van der Waals surface area contributed by atoms with Crippen LogP contribution in [0.4, 0.5) is 0 Å². The van der Waals surface area contributed by atoms with E-state index < -0.39 is 12.0 Å². The predicted octanol–water partition coefficient (Wildman–Crippen LogP) is 3.62. The van der Waals surface area contributed by atoms with Crippen LogP contribution < -0.4 is 0 Å². The van der Waals surface area contributed by atoms with Crippen molar-refractivity contribution in [2.45, 2.75) is 6.04 Å². The van der Waals surface area contributed by atoms with E-state index in [9.17, 15) is 9.90 Å². The maximum atomic E-state index is 12.1. The van der Waals surface area contributed by atoms with Gasteiger partial charge >= 0.3 is 5.97 Å². The lowest BCUT2D eigenvalue weighted by atomic mass is 10.0. The first-order valence-corrected chi connectivity index (χ1v) is 9.69. The minimum Gasteiger partial charge on any atom is -0.480 e. The third-order valence-electron chi connectivity index (χ3n) is 5.40. The highest BCUT2D eigenvalue weighted by molar-refractivity contribution is 5.89. The van der Waals surface area contributed by atoms with Gasteiger partial charge in [-0.15, -0.1) is 0 Å². The van der Waals surface area contributed by atoms with Crippen LogP contribution in [0.15, 0.2) is 66.9 Å². The number of H-pyrrole nitrogens is 1. The molecule has 28 heavy (non-hydrogen) atoms. The van der Waals surface area contributed by atoms with Gasteiger partial charge in [0.25, 0.3) is 0 Å². The van der Waals surface area contributed by atoms with Gasteiger partial charge in [0.05, 0.1) is 0 Å². The number of rotatable bonds is 6. The van der Waals surface area contributed by atoms with Crippen molar-refractivity contribution in [3.63, 3.8) is 0 Å². The molecule has 0 spiro atoms. The van der Waals surface area contributed by atoms with Crippen LogP contribution in [-0.2, 0) is 4.79 Å². The Labute approximate surface area is 164 Å². The molecule has 0 bridgehead atoms. The highest BCUT2D eigenvalue weighted by Crippen LogP contribution is 2.29. The van der Waals surface area contributed by atoms with Gasteiger partial charge in [-0.25, -0.2) is 0 Å². The molecule has 1 aliphatic heterocycles. The van der Waals surface area contributed by atoms with E-state index in [4.69, 9.17) is 0 Å². The second kappa shape index (κ2) is 8.42. The largest absolute Gasteiger partial charge is 0.480 e. The van der Waals surface area contributed by atoms with Crippen molar-refractivity contribution in [3.05, 3.63) is 78.0 Å². The number of carboxylic acid groups (broad SMARTS) is 1. The highest BCUT2D eigenvalue weighted by Gasteiger charge is 2.31. The van der Waals surface area contributed by atoms with Gasteiger partial charge in [0.15, 0.2) is 0 Å². The van der Waals surface area contributed by atoms with Crippen LogP contribution in [-0.4, -0.2) is 58.6 Å². The number of piperazine rings is 1. The minimum atomic E-state index is -0.790. The molecule has 2 N–H and O–H groups in total. The van der Waals surface area contributed by atoms with Crippen molar-refractivity contribution in [3.8, 4) is 0 Å². The summed E-state index contributed by atoms with van der Waals surface area (Å²) in [7, 11) is 0. The Morgan fingerprint density at radius 2 is 1.75 bits per heavy atom. The van der Waals surface area contributed by atoms with E-state index >= 15 is 0 Å². The minimum absolute atomic E-state index is 0.613. The molecule has 1 aliphatic rings. The number of hydrogen-bond donors (Lipinski definition) is 2. The average Bonchev–Trinajstić information content (AvgIpc) is 3.14. The zero-order valence-electron chi connectivity index (χ0n) is 15.8. The Hall–Kier alpha value is -2.89. The second-order valence-electron chi connectivity index (χ2n) is 7.18. The Kier molecular flexibility index (Phi) is 5.55. The van der Waals surface area contributed by atoms with Crippen LogP contribution in [0.2, 0.25) is 0 Å². The normalized spacial score (nSPS) is 17.3. The lowest BCUT2D eigenvalue weighted by Crippen LogP contribution is -2.49. The summed E-state index contributed by atoms with van der Waals surface area (Å²) in [6.07, 6.45) is 6.16. The summed E-state index contributed by atoms with van der Waals surface area (Å²) in [6, 6.07) is 17.5. The molecule has 5 nitrogen and oxygen atoms in total. The number of aliphatic carboxylic acids is 1. The first-order chi connectivity index (χ1) is 13.7. The average molecular weight is 375 g/mol. The van der Waals surface area contributed by atoms with E-state index in [2.05, 4.69) is 39.1 Å². The molecule has 0 aliphatic carbocycles. The number of benzene rings is 2. The third-order valence-corrected chi connectivity index (χ3v) is 5.40. The number of aromatic amines is 1. The van der Waals surface area contributed by atoms with Crippen molar-refractivity contribution in [2.75, 3.05) is 32.7 Å². The van der Waals surface area contributed by atoms with Gasteiger partial charge in [-0.1, -0.05) is 60.7 Å². The number of hydrogen-bond acceptors (Lipinski definition) is 3. The van der Waals surface area contributed by atoms with Crippen molar-refractivity contribution in [1.82, 2.24) is 14.8 Å². The molecule has 4 rings (SSSR count). The van der Waals surface area contributed by atoms with Gasteiger partial charge in [0, 0.05) is 55.4 Å². The number of carboxylic acids is 1. The molecule has 3 aromatic rings. The topological polar surface area (TPSA) is 59.6 Å². The Morgan fingerprint density at radius 3 is 2.50 bits per heavy atom. The molecule has 0 unspecified atom stereocenters. The first kappa shape index (κ1) is 18.5. The number of fused-ring (bicyclic) bond motifs is 1. The van der Waals surface area contributed by atoms with Crippen LogP contribution in [0.3, 0.4) is 0 Å². The Balaban J connectivity index is 1.40. The number of nitrogens with one attached hydrogen (secondary N) is 1. The van der Waals surface area contributed by atoms with Gasteiger partial charge < -0.3 is 10.1 Å². The van der Waals surface area contributed by atoms with Crippen LogP contribution in [0.25, 0.3) is 17.0 Å². The summed E-state index contributed by atoms with van der Waals surface area (Å²) in [5.41, 5.74) is 3.03. The molecule has 1 saturated heterocycles. The van der Waals surface area contributed by atoms with Crippen molar-refractivity contribution >= 4 is 22.9 Å². The molecule has 2 heterocycles. The van der Waals surface area contributed by atoms with E-state index in [1.54, 1.807) is 0 Å². The molecule has 0 amide bonds. The molecule has 2 aromatic carbocycles. The van der Waals surface area contributed by atoms with Gasteiger partial charge in [0.2, 0.25) is 0 Å². The zero-order valence-corrected chi connectivity index (χ0v) is 15.8. The zero-order chi connectivity index (χ0) is 19.3. The summed E-state index contributed by atoms with van der Waals surface area (Å²) < 4.78 is 0. The molecule has 1 fully saturated rings. The monoisotopic (exact) mass is 375 g/mol. The molecule has 0 saturated carbocycles. The number of aromatic nitrogens is 1. The highest BCUT2D eigenvalue weighted by atomic mass is 16.4. The molecular formula is C23H25N3O2. The predicted molar refractivity (Wildman–Crippen MR) is 112 cm³/mol. The van der Waals surface area contributed by atoms with E-state index in [0.29, 0.717) is 0 Å². The summed E-state index contributed by atoms with van der Waals surface area (Å²) in [4.78, 5) is 19.7. The Morgan fingerprint density at radius 1 is 1.04 bits per heavy atom. The van der Waals surface area contributed by atoms with Gasteiger partial charge in [-0.2, -0.15) is 0 Å². The summed E-state index contributed by atoms with van der Waals surface area (Å²) in [5, 5.41) is 10.9. The van der Waals surface area contributed by atoms with Gasteiger partial charge in [-0.3, -0.25) is 14.6 Å². The fourth-order valence-electron chi connectivity index (χ4n) is 3.91. The van der Waals surface area contributed by atoms with Crippen LogP contribution in [0.1, 0.15) is 17.2 Å². The van der Waals surface area contributed by atoms with E-state index in [1.807, 2.05) is 48.7 Å². The fourth-order valence-corrected chi connectivity index (χ4v) is 3.91. The molecule has 5 heteroatoms. The van der Waals surface area contributed by atoms with Crippen LogP contribution in [0.5, 0.6) is 0 Å². The van der Waals surface area contributed by atoms with Gasteiger partial charge in [0.1, 0.15) is 6.04 Å². The lowest BCUT2D eigenvalue weighted by Gasteiger charge is -2.37. The third kappa shape index (κ3) is 4.01. The van der Waals surface area contributed by atoms with Gasteiger partial charge in [-0.05, 0) is 11.6 Å². The van der Waals surface area contributed by atoms with Crippen LogP contribution >= 0.6 is 0 Å². The standard InChI is InChI=1S/C23H25N3O2/c27-23(28)22(20-17-24-21-11-5-4-10-19(20)21)26-15-13-25(14-16-26)12-6-9-18-7-2-1-3-8-18/h1-11,17,22,24H,12-16H2,(H,27,28)/b9-6+/t22-/m0/s1. The fraction of sp³-hybridized carbons (Fsp3) is 0.261. The molecule has 144 valence electrons. The van der Waals surface area contributed by atoms with Crippen LogP contribution in [0, 0.1) is 0 Å².